The maximum absolute atomic E-state index is 13.6. The number of carbonyl (C=O) groups excluding carboxylic acids is 2. The molecule has 1 aliphatic carbocycles. The summed E-state index contributed by atoms with van der Waals surface area (Å²) in [5, 5.41) is 0. The highest BCUT2D eigenvalue weighted by Gasteiger charge is 2.57. The van der Waals surface area contributed by atoms with E-state index in [0.29, 0.717) is 49.6 Å². The van der Waals surface area contributed by atoms with Crippen LogP contribution in [0, 0.1) is 0 Å². The van der Waals surface area contributed by atoms with Crippen molar-refractivity contribution in [3.05, 3.63) is 53.6 Å². The van der Waals surface area contributed by atoms with Crippen molar-refractivity contribution >= 4 is 17.6 Å². The van der Waals surface area contributed by atoms with Crippen LogP contribution >= 0.6 is 0 Å². The van der Waals surface area contributed by atoms with Gasteiger partial charge in [0.15, 0.2) is 5.60 Å². The second kappa shape index (κ2) is 9.18. The Bertz CT molecular complexity index is 982. The molecule has 0 saturated heterocycles. The van der Waals surface area contributed by atoms with Crippen molar-refractivity contribution < 1.29 is 33.3 Å². The summed E-state index contributed by atoms with van der Waals surface area (Å²) in [6.45, 7) is 1.31. The van der Waals surface area contributed by atoms with E-state index in [4.69, 9.17) is 23.7 Å². The largest absolute Gasteiger partial charge is 0.497 e. The number of carbonyl (C=O) groups is 2. The Hall–Kier alpha value is -3.10. The van der Waals surface area contributed by atoms with Gasteiger partial charge in [-0.25, -0.2) is 4.79 Å². The first-order valence-electron chi connectivity index (χ1n) is 10.5. The molecule has 0 radical (unpaired) electrons. The zero-order valence-electron chi connectivity index (χ0n) is 18.5. The average Bonchev–Trinajstić information content (AvgIpc) is 2.80. The zero-order valence-corrected chi connectivity index (χ0v) is 18.5. The number of esters is 1. The fourth-order valence-electron chi connectivity index (χ4n) is 4.09. The number of nitrogens with zero attached hydrogens (tertiary/aromatic N) is 1. The molecule has 2 aromatic rings. The molecule has 1 spiro atoms. The lowest BCUT2D eigenvalue weighted by molar-refractivity contribution is -0.165. The molecule has 0 atom stereocenters. The molecule has 8 heteroatoms. The molecular weight excluding hydrogens is 414 g/mol. The second-order valence-corrected chi connectivity index (χ2v) is 7.90. The molecule has 0 unspecified atom stereocenters. The van der Waals surface area contributed by atoms with E-state index in [1.807, 2.05) is 24.3 Å². The van der Waals surface area contributed by atoms with E-state index in [0.717, 1.165) is 11.3 Å². The van der Waals surface area contributed by atoms with Crippen LogP contribution in [0.15, 0.2) is 42.5 Å². The number of anilines is 1. The minimum absolute atomic E-state index is 0.0622. The normalized spacial score (nSPS) is 21.5. The third-order valence-corrected chi connectivity index (χ3v) is 5.87. The number of hydrogen-bond acceptors (Lipinski definition) is 7. The van der Waals surface area contributed by atoms with E-state index >= 15 is 0 Å². The molecule has 8 nitrogen and oxygen atoms in total. The van der Waals surface area contributed by atoms with Crippen LogP contribution in [0.25, 0.3) is 0 Å². The van der Waals surface area contributed by atoms with Gasteiger partial charge in [-0.05, 0) is 35.9 Å². The molecule has 32 heavy (non-hydrogen) atoms. The molecule has 4 rings (SSSR count). The van der Waals surface area contributed by atoms with Gasteiger partial charge in [0.2, 0.25) is 0 Å². The van der Waals surface area contributed by atoms with Gasteiger partial charge < -0.3 is 28.6 Å². The monoisotopic (exact) mass is 441 g/mol. The molecule has 1 fully saturated rings. The fraction of sp³-hybridized carbons (Fsp3) is 0.417. The van der Waals surface area contributed by atoms with E-state index in [1.54, 1.807) is 37.3 Å². The van der Waals surface area contributed by atoms with Crippen LogP contribution in [-0.4, -0.2) is 58.1 Å². The molecule has 2 aliphatic rings. The summed E-state index contributed by atoms with van der Waals surface area (Å²) in [6.07, 6.45) is 0.868. The maximum Gasteiger partial charge on any atom is 0.337 e. The lowest BCUT2D eigenvalue weighted by atomic mass is 9.75. The van der Waals surface area contributed by atoms with Crippen LogP contribution in [-0.2, 0) is 25.5 Å². The highest BCUT2D eigenvalue weighted by Crippen LogP contribution is 2.48. The van der Waals surface area contributed by atoms with Gasteiger partial charge in [-0.15, -0.1) is 0 Å². The molecule has 170 valence electrons. The first-order chi connectivity index (χ1) is 15.5. The minimum Gasteiger partial charge on any atom is -0.497 e. The van der Waals surface area contributed by atoms with Gasteiger partial charge in [0, 0.05) is 20.0 Å². The Morgan fingerprint density at radius 1 is 1.09 bits per heavy atom. The number of ether oxygens (including phenoxy) is 5. The minimum atomic E-state index is -0.968. The standard InChI is InChI=1S/C24H27NO7/c1-28-10-11-31-19-13-24(14-19)23(27)25(15-16-4-7-18(29-2)8-5-16)20-12-17(22(26)30-3)6-9-21(20)32-24/h4-9,12,19H,10-11,13-15H2,1-3H3. The SMILES string of the molecule is COCCOC1CC2(C1)Oc1ccc(C(=O)OC)cc1N(Cc1ccc(OC)cc1)C2=O. The van der Waals surface area contributed by atoms with Gasteiger partial charge in [-0.1, -0.05) is 12.1 Å². The molecular formula is C24H27NO7. The van der Waals surface area contributed by atoms with Crippen LogP contribution in [0.2, 0.25) is 0 Å². The van der Waals surface area contributed by atoms with Gasteiger partial charge in [0.05, 0.1) is 51.3 Å². The molecule has 1 saturated carbocycles. The van der Waals surface area contributed by atoms with Crippen molar-refractivity contribution in [1.82, 2.24) is 0 Å². The quantitative estimate of drug-likeness (QED) is 0.460. The molecule has 1 heterocycles. The Kier molecular flexibility index (Phi) is 6.34. The fourth-order valence-corrected chi connectivity index (χ4v) is 4.09. The lowest BCUT2D eigenvalue weighted by Gasteiger charge is -2.50. The Morgan fingerprint density at radius 2 is 1.84 bits per heavy atom. The van der Waals surface area contributed by atoms with Crippen molar-refractivity contribution in [2.45, 2.75) is 31.1 Å². The van der Waals surface area contributed by atoms with Crippen LogP contribution in [0.3, 0.4) is 0 Å². The van der Waals surface area contributed by atoms with Crippen molar-refractivity contribution in [2.24, 2.45) is 0 Å². The Morgan fingerprint density at radius 3 is 2.50 bits per heavy atom. The van der Waals surface area contributed by atoms with Crippen LogP contribution in [0.4, 0.5) is 5.69 Å². The summed E-state index contributed by atoms with van der Waals surface area (Å²) < 4.78 is 27.1. The first kappa shape index (κ1) is 22.1. The van der Waals surface area contributed by atoms with Crippen LogP contribution in [0.1, 0.15) is 28.8 Å². The highest BCUT2D eigenvalue weighted by atomic mass is 16.5. The van der Waals surface area contributed by atoms with Crippen molar-refractivity contribution in [2.75, 3.05) is 39.4 Å². The van der Waals surface area contributed by atoms with E-state index in [1.165, 1.54) is 7.11 Å². The molecule has 0 bridgehead atoms. The summed E-state index contributed by atoms with van der Waals surface area (Å²) in [6, 6.07) is 12.5. The number of rotatable bonds is 8. The van der Waals surface area contributed by atoms with Crippen LogP contribution < -0.4 is 14.4 Å². The van der Waals surface area contributed by atoms with E-state index in [-0.39, 0.29) is 12.0 Å². The van der Waals surface area contributed by atoms with Gasteiger partial charge in [-0.2, -0.15) is 0 Å². The van der Waals surface area contributed by atoms with Crippen molar-refractivity contribution in [3.8, 4) is 11.5 Å². The Labute approximate surface area is 187 Å². The third kappa shape index (κ3) is 4.16. The summed E-state index contributed by atoms with van der Waals surface area (Å²) in [5.74, 6) is 0.678. The number of benzene rings is 2. The summed E-state index contributed by atoms with van der Waals surface area (Å²) in [7, 11) is 4.55. The highest BCUT2D eigenvalue weighted by molar-refractivity contribution is 6.04. The third-order valence-electron chi connectivity index (χ3n) is 5.87. The predicted molar refractivity (Wildman–Crippen MR) is 116 cm³/mol. The van der Waals surface area contributed by atoms with Gasteiger partial charge >= 0.3 is 5.97 Å². The maximum atomic E-state index is 13.6. The lowest BCUT2D eigenvalue weighted by Crippen LogP contribution is -2.64. The molecule has 2 aromatic carbocycles. The molecule has 0 aromatic heterocycles. The average molecular weight is 441 g/mol. The summed E-state index contributed by atoms with van der Waals surface area (Å²) >= 11 is 0. The molecule has 1 aliphatic heterocycles. The van der Waals surface area contributed by atoms with Crippen molar-refractivity contribution in [3.63, 3.8) is 0 Å². The predicted octanol–water partition coefficient (Wildman–Crippen LogP) is 2.97. The summed E-state index contributed by atoms with van der Waals surface area (Å²) in [4.78, 5) is 27.4. The number of methoxy groups -OCH3 is 3. The Balaban J connectivity index is 1.62. The van der Waals surface area contributed by atoms with E-state index < -0.39 is 11.6 Å². The number of amides is 1. The zero-order chi connectivity index (χ0) is 22.7. The molecule has 1 amide bonds. The number of hydrogen-bond donors (Lipinski definition) is 0. The van der Waals surface area contributed by atoms with Crippen molar-refractivity contribution in [1.29, 1.82) is 0 Å². The smallest absolute Gasteiger partial charge is 0.337 e. The second-order valence-electron chi connectivity index (χ2n) is 7.90. The van der Waals surface area contributed by atoms with Crippen LogP contribution in [0.5, 0.6) is 11.5 Å². The first-order valence-corrected chi connectivity index (χ1v) is 10.5. The van der Waals surface area contributed by atoms with E-state index in [2.05, 4.69) is 0 Å². The number of fused-ring (bicyclic) bond motifs is 1. The van der Waals surface area contributed by atoms with Gasteiger partial charge in [0.1, 0.15) is 11.5 Å². The topological polar surface area (TPSA) is 83.5 Å². The summed E-state index contributed by atoms with van der Waals surface area (Å²) in [5.41, 5.74) is 0.859. The van der Waals surface area contributed by atoms with Gasteiger partial charge in [0.25, 0.3) is 5.91 Å². The molecule has 0 N–H and O–H groups in total. The van der Waals surface area contributed by atoms with Gasteiger partial charge in [-0.3, -0.25) is 4.79 Å². The van der Waals surface area contributed by atoms with E-state index in [9.17, 15) is 9.59 Å².